The standard InChI is InChI=1S/C17H16F3N3S/c18-17(19,20)15-6-2-1-4-14(15)5-3-8-22-9-11-23(12-10-22)16-21-7-13-24-16/h1-2,4,6-7,13H,8-12H2. The van der Waals surface area contributed by atoms with E-state index >= 15 is 0 Å². The third-order valence-electron chi connectivity index (χ3n) is 3.82. The summed E-state index contributed by atoms with van der Waals surface area (Å²) in [4.78, 5) is 8.65. The molecule has 2 aromatic rings. The minimum atomic E-state index is -4.37. The van der Waals surface area contributed by atoms with Gasteiger partial charge in [0.25, 0.3) is 0 Å². The molecule has 0 radical (unpaired) electrons. The van der Waals surface area contributed by atoms with Gasteiger partial charge >= 0.3 is 6.18 Å². The zero-order valence-corrected chi connectivity index (χ0v) is 13.7. The molecule has 126 valence electrons. The van der Waals surface area contributed by atoms with Crippen LogP contribution in [0.25, 0.3) is 0 Å². The van der Waals surface area contributed by atoms with Crippen LogP contribution in [0.3, 0.4) is 0 Å². The zero-order valence-electron chi connectivity index (χ0n) is 12.9. The minimum Gasteiger partial charge on any atom is -0.346 e. The number of benzene rings is 1. The van der Waals surface area contributed by atoms with Gasteiger partial charge in [0.15, 0.2) is 5.13 Å². The van der Waals surface area contributed by atoms with Crippen LogP contribution in [0.15, 0.2) is 35.8 Å². The number of rotatable bonds is 2. The first-order chi connectivity index (χ1) is 11.5. The summed E-state index contributed by atoms with van der Waals surface area (Å²) >= 11 is 1.61. The highest BCUT2D eigenvalue weighted by molar-refractivity contribution is 7.13. The number of aromatic nitrogens is 1. The van der Waals surface area contributed by atoms with E-state index in [-0.39, 0.29) is 5.56 Å². The molecule has 0 amide bonds. The van der Waals surface area contributed by atoms with E-state index in [0.717, 1.165) is 37.4 Å². The molecule has 3 rings (SSSR count). The molecule has 3 nitrogen and oxygen atoms in total. The van der Waals surface area contributed by atoms with Crippen molar-refractivity contribution in [1.82, 2.24) is 9.88 Å². The maximum Gasteiger partial charge on any atom is 0.417 e. The Morgan fingerprint density at radius 1 is 1.12 bits per heavy atom. The summed E-state index contributed by atoms with van der Waals surface area (Å²) in [6.45, 7) is 3.84. The highest BCUT2D eigenvalue weighted by Crippen LogP contribution is 2.31. The van der Waals surface area contributed by atoms with Gasteiger partial charge in [-0.25, -0.2) is 4.98 Å². The largest absolute Gasteiger partial charge is 0.417 e. The Labute approximate surface area is 142 Å². The molecule has 7 heteroatoms. The van der Waals surface area contributed by atoms with Crippen molar-refractivity contribution in [3.8, 4) is 11.8 Å². The highest BCUT2D eigenvalue weighted by atomic mass is 32.1. The van der Waals surface area contributed by atoms with Gasteiger partial charge in [0.05, 0.1) is 12.1 Å². The van der Waals surface area contributed by atoms with Gasteiger partial charge in [-0.3, -0.25) is 4.90 Å². The molecule has 1 aromatic heterocycles. The third-order valence-corrected chi connectivity index (χ3v) is 4.65. The van der Waals surface area contributed by atoms with Gasteiger partial charge in [0.2, 0.25) is 0 Å². The van der Waals surface area contributed by atoms with E-state index in [0.29, 0.717) is 6.54 Å². The molecule has 0 bridgehead atoms. The second kappa shape index (κ2) is 7.24. The molecule has 0 spiro atoms. The number of piperazine rings is 1. The Kier molecular flexibility index (Phi) is 5.07. The van der Waals surface area contributed by atoms with E-state index in [9.17, 15) is 13.2 Å². The molecule has 0 aliphatic carbocycles. The molecule has 0 saturated carbocycles. The van der Waals surface area contributed by atoms with Crippen molar-refractivity contribution in [2.75, 3.05) is 37.6 Å². The van der Waals surface area contributed by atoms with Crippen LogP contribution >= 0.6 is 11.3 Å². The van der Waals surface area contributed by atoms with Crippen LogP contribution in [0.2, 0.25) is 0 Å². The molecule has 0 atom stereocenters. The highest BCUT2D eigenvalue weighted by Gasteiger charge is 2.32. The fraction of sp³-hybridized carbons (Fsp3) is 0.353. The van der Waals surface area contributed by atoms with Gasteiger partial charge in [-0.1, -0.05) is 24.0 Å². The molecule has 1 aliphatic heterocycles. The number of hydrogen-bond acceptors (Lipinski definition) is 4. The van der Waals surface area contributed by atoms with Crippen LogP contribution in [0.5, 0.6) is 0 Å². The summed E-state index contributed by atoms with van der Waals surface area (Å²) in [6.07, 6.45) is -2.58. The van der Waals surface area contributed by atoms with Crippen molar-refractivity contribution in [1.29, 1.82) is 0 Å². The number of hydrogen-bond donors (Lipinski definition) is 0. The van der Waals surface area contributed by atoms with Crippen molar-refractivity contribution in [3.05, 3.63) is 47.0 Å². The quantitative estimate of drug-likeness (QED) is 0.774. The van der Waals surface area contributed by atoms with Gasteiger partial charge in [0, 0.05) is 43.3 Å². The van der Waals surface area contributed by atoms with Crippen LogP contribution in [0, 0.1) is 11.8 Å². The maximum atomic E-state index is 12.9. The molecular formula is C17H16F3N3S. The van der Waals surface area contributed by atoms with E-state index in [1.54, 1.807) is 23.6 Å². The van der Waals surface area contributed by atoms with Crippen LogP contribution < -0.4 is 4.90 Å². The molecule has 1 aromatic carbocycles. The van der Waals surface area contributed by atoms with Crippen LogP contribution in [-0.2, 0) is 6.18 Å². The summed E-state index contributed by atoms with van der Waals surface area (Å²) in [5.74, 6) is 5.55. The monoisotopic (exact) mass is 351 g/mol. The van der Waals surface area contributed by atoms with Crippen molar-refractivity contribution >= 4 is 16.5 Å². The Bertz CT molecular complexity index is 724. The van der Waals surface area contributed by atoms with E-state index in [1.165, 1.54) is 12.1 Å². The van der Waals surface area contributed by atoms with Crippen LogP contribution in [0.1, 0.15) is 11.1 Å². The van der Waals surface area contributed by atoms with Crippen LogP contribution in [-0.4, -0.2) is 42.6 Å². The summed E-state index contributed by atoms with van der Waals surface area (Å²) in [5, 5.41) is 2.96. The lowest BCUT2D eigenvalue weighted by Crippen LogP contribution is -2.46. The minimum absolute atomic E-state index is 0.0337. The average Bonchev–Trinajstić information content (AvgIpc) is 3.09. The van der Waals surface area contributed by atoms with Crippen molar-refractivity contribution in [3.63, 3.8) is 0 Å². The summed E-state index contributed by atoms with van der Waals surface area (Å²) in [7, 11) is 0. The lowest BCUT2D eigenvalue weighted by atomic mass is 10.1. The van der Waals surface area contributed by atoms with Crippen molar-refractivity contribution in [2.45, 2.75) is 6.18 Å². The van der Waals surface area contributed by atoms with E-state index in [1.807, 2.05) is 5.38 Å². The van der Waals surface area contributed by atoms with Gasteiger partial charge in [0.1, 0.15) is 0 Å². The van der Waals surface area contributed by atoms with Crippen molar-refractivity contribution < 1.29 is 13.2 Å². The first kappa shape index (κ1) is 16.8. The molecule has 1 fully saturated rings. The second-order valence-corrected chi connectivity index (χ2v) is 6.30. The smallest absolute Gasteiger partial charge is 0.346 e. The zero-order chi connectivity index (χ0) is 17.0. The van der Waals surface area contributed by atoms with Crippen molar-refractivity contribution in [2.24, 2.45) is 0 Å². The number of nitrogens with zero attached hydrogens (tertiary/aromatic N) is 3. The number of alkyl halides is 3. The topological polar surface area (TPSA) is 19.4 Å². The first-order valence-corrected chi connectivity index (χ1v) is 8.44. The molecule has 24 heavy (non-hydrogen) atoms. The predicted molar refractivity (Wildman–Crippen MR) is 89.1 cm³/mol. The predicted octanol–water partition coefficient (Wildman–Crippen LogP) is 3.34. The maximum absolute atomic E-state index is 12.9. The summed E-state index contributed by atoms with van der Waals surface area (Å²) in [6, 6.07) is 5.44. The number of anilines is 1. The van der Waals surface area contributed by atoms with Crippen LogP contribution in [0.4, 0.5) is 18.3 Å². The number of thiazole rings is 1. The van der Waals surface area contributed by atoms with Gasteiger partial charge in [-0.05, 0) is 12.1 Å². The van der Waals surface area contributed by atoms with E-state index in [2.05, 4.69) is 26.6 Å². The fourth-order valence-electron chi connectivity index (χ4n) is 2.56. The van der Waals surface area contributed by atoms with Gasteiger partial charge < -0.3 is 4.90 Å². The first-order valence-electron chi connectivity index (χ1n) is 7.56. The molecule has 0 unspecified atom stereocenters. The number of halogens is 3. The van der Waals surface area contributed by atoms with Gasteiger partial charge in [-0.15, -0.1) is 11.3 Å². The molecule has 1 saturated heterocycles. The van der Waals surface area contributed by atoms with Gasteiger partial charge in [-0.2, -0.15) is 13.2 Å². The fourth-order valence-corrected chi connectivity index (χ4v) is 3.25. The SMILES string of the molecule is FC(F)(F)c1ccccc1C#CCN1CCN(c2nccs2)CC1. The molecule has 2 heterocycles. The summed E-state index contributed by atoms with van der Waals surface area (Å²) < 4.78 is 38.8. The molecule has 1 aliphatic rings. The normalized spacial score (nSPS) is 15.9. The Morgan fingerprint density at radius 3 is 2.54 bits per heavy atom. The second-order valence-electron chi connectivity index (χ2n) is 5.42. The van der Waals surface area contributed by atoms with E-state index < -0.39 is 11.7 Å². The average molecular weight is 351 g/mol. The Balaban J connectivity index is 1.58. The molecule has 0 N–H and O–H groups in total. The Hall–Kier alpha value is -2.04. The lowest BCUT2D eigenvalue weighted by molar-refractivity contribution is -0.137. The third kappa shape index (κ3) is 4.08. The molecular weight excluding hydrogens is 335 g/mol. The Morgan fingerprint density at radius 2 is 1.88 bits per heavy atom. The lowest BCUT2D eigenvalue weighted by Gasteiger charge is -2.33. The van der Waals surface area contributed by atoms with E-state index in [4.69, 9.17) is 0 Å². The summed E-state index contributed by atoms with van der Waals surface area (Å²) in [5.41, 5.74) is -0.641.